The molecule has 1 aromatic heterocycles. The number of benzene rings is 1. The summed E-state index contributed by atoms with van der Waals surface area (Å²) in [6, 6.07) is 3.76. The molecule has 1 aliphatic heterocycles. The van der Waals surface area contributed by atoms with Crippen LogP contribution in [-0.2, 0) is 17.6 Å². The number of hydrogen-bond acceptors (Lipinski definition) is 3. The Bertz CT molecular complexity index is 970. The van der Waals surface area contributed by atoms with Gasteiger partial charge in [-0.25, -0.2) is 4.79 Å². The quantitative estimate of drug-likeness (QED) is 0.886. The number of carbonyl (C=O) groups is 1. The third-order valence-corrected chi connectivity index (χ3v) is 3.34. The molecular formula is C16H21N3O2. The minimum Gasteiger partial charge on any atom is -0.447 e. The molecule has 0 aliphatic carbocycles. The summed E-state index contributed by atoms with van der Waals surface area (Å²) in [6.45, 7) is -8.25. The van der Waals surface area contributed by atoms with E-state index in [1.165, 1.54) is 6.20 Å². The number of nitrogens with zero attached hydrogens (tertiary/aromatic N) is 1. The van der Waals surface area contributed by atoms with E-state index in [4.69, 9.17) is 13.8 Å². The molecule has 5 nitrogen and oxygen atoms in total. The number of hydrogen-bond donors (Lipinski definition) is 2. The number of likely N-dealkylation sites (N-methyl/N-ethyl adjacent to an activating group) is 1. The van der Waals surface area contributed by atoms with Gasteiger partial charge in [0.2, 0.25) is 0 Å². The summed E-state index contributed by atoms with van der Waals surface area (Å²) in [5.41, 5.74) is 1.63. The van der Waals surface area contributed by atoms with Crippen molar-refractivity contribution in [3.05, 3.63) is 35.5 Å². The van der Waals surface area contributed by atoms with Gasteiger partial charge in [0.15, 0.2) is 2.82 Å². The third kappa shape index (κ3) is 3.19. The number of aromatic amines is 1. The van der Waals surface area contributed by atoms with Crippen LogP contribution >= 0.6 is 0 Å². The van der Waals surface area contributed by atoms with E-state index < -0.39 is 32.6 Å². The maximum atomic E-state index is 11.5. The zero-order valence-corrected chi connectivity index (χ0v) is 11.2. The van der Waals surface area contributed by atoms with Crippen molar-refractivity contribution in [1.29, 1.82) is 0 Å². The minimum atomic E-state index is -2.81. The molecule has 0 bridgehead atoms. The summed E-state index contributed by atoms with van der Waals surface area (Å²) in [6.07, 6.45) is 0.420. The first-order valence-electron chi connectivity index (χ1n) is 11.4. The molecule has 3 rings (SSSR count). The minimum absolute atomic E-state index is 0.0164. The summed E-state index contributed by atoms with van der Waals surface area (Å²) in [4.78, 5) is 13.1. The molecule has 2 heterocycles. The van der Waals surface area contributed by atoms with Gasteiger partial charge < -0.3 is 19.9 Å². The van der Waals surface area contributed by atoms with Crippen molar-refractivity contribution in [3.63, 3.8) is 0 Å². The van der Waals surface area contributed by atoms with Gasteiger partial charge in [-0.3, -0.25) is 0 Å². The predicted molar refractivity (Wildman–Crippen MR) is 82.5 cm³/mol. The number of cyclic esters (lactones) is 1. The fourth-order valence-corrected chi connectivity index (χ4v) is 2.34. The summed E-state index contributed by atoms with van der Waals surface area (Å²) in [5, 5.41) is 1.02. The second-order valence-electron chi connectivity index (χ2n) is 4.87. The number of ether oxygens (including phenoxy) is 1. The van der Waals surface area contributed by atoms with E-state index in [0.717, 1.165) is 4.98 Å². The Labute approximate surface area is 138 Å². The SMILES string of the molecule is [2H]N1C(=O)OC([2H])([2H])[C@@H]1Cc1ccc2c(c1)c(CCN(C([2H])([2H])[2H])C([2H])([2H])[2H])cn2[2H]. The number of amides is 1. The Kier molecular flexibility index (Phi) is 1.76. The van der Waals surface area contributed by atoms with Gasteiger partial charge in [-0.1, -0.05) is 6.07 Å². The van der Waals surface area contributed by atoms with Crippen molar-refractivity contribution < 1.29 is 23.3 Å². The highest BCUT2D eigenvalue weighted by atomic mass is 16.6. The average molecular weight is 297 g/mol. The van der Waals surface area contributed by atoms with Crippen LogP contribution in [0.3, 0.4) is 0 Å². The largest absolute Gasteiger partial charge is 0.447 e. The molecule has 1 aromatic carbocycles. The number of rotatable bonds is 5. The van der Waals surface area contributed by atoms with E-state index in [0.29, 0.717) is 32.2 Å². The summed E-state index contributed by atoms with van der Waals surface area (Å²) in [7, 11) is 0. The smallest absolute Gasteiger partial charge is 0.407 e. The first kappa shape index (κ1) is 6.40. The number of alkyl carbamates (subject to hydrolysis) is 1. The Balaban J connectivity index is 1.88. The molecule has 0 unspecified atom stereocenters. The van der Waals surface area contributed by atoms with Crippen LogP contribution in [0.25, 0.3) is 10.9 Å². The van der Waals surface area contributed by atoms with Gasteiger partial charge in [0.05, 0.1) is 8.78 Å². The van der Waals surface area contributed by atoms with E-state index in [-0.39, 0.29) is 19.4 Å². The Morgan fingerprint density at radius 1 is 1.57 bits per heavy atom. The van der Waals surface area contributed by atoms with Crippen LogP contribution in [0, 0.1) is 0 Å². The molecule has 0 radical (unpaired) electrons. The molecule has 0 saturated carbocycles. The summed E-state index contributed by atoms with van der Waals surface area (Å²) < 4.78 is 80.8. The van der Waals surface area contributed by atoms with Crippen molar-refractivity contribution in [1.82, 2.24) is 15.2 Å². The number of nitrogens with one attached hydrogen (secondary N) is 2. The van der Waals surface area contributed by atoms with Crippen molar-refractivity contribution >= 4 is 17.0 Å². The van der Waals surface area contributed by atoms with Gasteiger partial charge in [-0.15, -0.1) is 0 Å². The topological polar surface area (TPSA) is 57.4 Å². The Morgan fingerprint density at radius 3 is 3.24 bits per heavy atom. The molecular weight excluding hydrogens is 266 g/mol. The van der Waals surface area contributed by atoms with E-state index in [1.54, 1.807) is 18.2 Å². The van der Waals surface area contributed by atoms with Crippen LogP contribution in [0.4, 0.5) is 4.79 Å². The lowest BCUT2D eigenvalue weighted by Crippen LogP contribution is -2.28. The van der Waals surface area contributed by atoms with Gasteiger partial charge in [0.1, 0.15) is 6.56 Å². The second-order valence-corrected chi connectivity index (χ2v) is 4.87. The van der Waals surface area contributed by atoms with E-state index in [2.05, 4.69) is 4.74 Å². The van der Waals surface area contributed by atoms with E-state index in [1.807, 2.05) is 0 Å². The molecule has 1 saturated heterocycles. The van der Waals surface area contributed by atoms with Crippen LogP contribution in [0.5, 0.6) is 0 Å². The van der Waals surface area contributed by atoms with Crippen molar-refractivity contribution in [2.24, 2.45) is 0 Å². The van der Waals surface area contributed by atoms with Gasteiger partial charge in [0, 0.05) is 31.9 Å². The van der Waals surface area contributed by atoms with E-state index >= 15 is 0 Å². The number of carbonyl (C=O) groups excluding carboxylic acids is 1. The van der Waals surface area contributed by atoms with Gasteiger partial charge in [-0.2, -0.15) is 0 Å². The van der Waals surface area contributed by atoms with Crippen molar-refractivity contribution in [3.8, 4) is 0 Å². The van der Waals surface area contributed by atoms with Crippen LogP contribution in [0.2, 0.25) is 2.82 Å². The van der Waals surface area contributed by atoms with Gasteiger partial charge in [-0.05, 0) is 50.1 Å². The molecule has 0 spiro atoms. The average Bonchev–Trinajstić information content (AvgIpc) is 3.01. The molecule has 2 aromatic rings. The first-order valence-corrected chi connectivity index (χ1v) is 6.52. The molecule has 1 atom stereocenters. The Morgan fingerprint density at radius 2 is 2.48 bits per heavy atom. The molecule has 1 amide bonds. The van der Waals surface area contributed by atoms with Crippen molar-refractivity contribution in [2.45, 2.75) is 18.9 Å². The monoisotopic (exact) mass is 297 g/mol. The fraction of sp³-hybridized carbons (Fsp3) is 0.438. The van der Waals surface area contributed by atoms with E-state index in [9.17, 15) is 4.79 Å². The van der Waals surface area contributed by atoms with Crippen LogP contribution in [0.1, 0.15) is 22.1 Å². The maximum Gasteiger partial charge on any atom is 0.407 e. The second kappa shape index (κ2) is 5.77. The summed E-state index contributed by atoms with van der Waals surface area (Å²) in [5.74, 6) is 0. The van der Waals surface area contributed by atoms with Crippen LogP contribution < -0.4 is 5.31 Å². The molecule has 21 heavy (non-hydrogen) atoms. The predicted octanol–water partition coefficient (Wildman–Crippen LogP) is 1.92. The zero-order valence-electron chi connectivity index (χ0n) is 21.2. The zero-order chi connectivity index (χ0) is 23.4. The lowest BCUT2D eigenvalue weighted by atomic mass is 10.0. The lowest BCUT2D eigenvalue weighted by molar-refractivity contribution is 0.177. The standard InChI is InChI=1S/C16H21N3O2/c1-19(2)6-5-12-9-17-15-4-3-11(8-14(12)15)7-13-10-21-16(20)18-13/h3-4,8-9,13,17H,5-7,10H2,1-2H3,(H,18,20)/t13-/m0/s1/i1D3,2D3,10D2/hD2. The first-order chi connectivity index (χ1) is 14.1. The Hall–Kier alpha value is -2.01. The number of fused-ring (bicyclic) bond motifs is 1. The highest BCUT2D eigenvalue weighted by Gasteiger charge is 2.22. The lowest BCUT2D eigenvalue weighted by Gasteiger charge is -2.09. The molecule has 2 N–H and O–H groups in total. The molecule has 1 fully saturated rings. The number of aromatic nitrogens is 1. The third-order valence-electron chi connectivity index (χ3n) is 3.34. The van der Waals surface area contributed by atoms with Crippen LogP contribution in [0.15, 0.2) is 24.4 Å². The highest BCUT2D eigenvalue weighted by molar-refractivity contribution is 5.84. The molecule has 112 valence electrons. The van der Waals surface area contributed by atoms with Crippen LogP contribution in [-0.4, -0.2) is 49.1 Å². The maximum absolute atomic E-state index is 11.5. The molecule has 1 aliphatic rings. The fourth-order valence-electron chi connectivity index (χ4n) is 2.34. The normalized spacial score (nSPS) is 29.3. The number of H-pyrrole nitrogens is 1. The summed E-state index contributed by atoms with van der Waals surface area (Å²) >= 11 is 0. The molecule has 5 heteroatoms. The highest BCUT2D eigenvalue weighted by Crippen LogP contribution is 2.21. The van der Waals surface area contributed by atoms with Crippen molar-refractivity contribution in [2.75, 3.05) is 27.1 Å². The van der Waals surface area contributed by atoms with Gasteiger partial charge >= 0.3 is 6.09 Å². The van der Waals surface area contributed by atoms with Gasteiger partial charge in [0.25, 0.3) is 0 Å².